The van der Waals surface area contributed by atoms with Gasteiger partial charge in [-0.2, -0.15) is 0 Å². The summed E-state index contributed by atoms with van der Waals surface area (Å²) < 4.78 is 16.2. The van der Waals surface area contributed by atoms with E-state index < -0.39 is 0 Å². The Bertz CT molecular complexity index is 382. The summed E-state index contributed by atoms with van der Waals surface area (Å²) in [4.78, 5) is 0. The molecule has 0 saturated heterocycles. The Balaban J connectivity index is 2.88. The molecule has 2 atom stereocenters. The Labute approximate surface area is 115 Å². The van der Waals surface area contributed by atoms with Crippen molar-refractivity contribution in [2.24, 2.45) is 5.73 Å². The highest BCUT2D eigenvalue weighted by atomic mass is 16.5. The summed E-state index contributed by atoms with van der Waals surface area (Å²) in [5.41, 5.74) is 7.11. The topological polar surface area (TPSA) is 53.7 Å². The number of rotatable bonds is 8. The fourth-order valence-electron chi connectivity index (χ4n) is 1.87. The quantitative estimate of drug-likeness (QED) is 0.785. The van der Waals surface area contributed by atoms with Crippen LogP contribution in [0.15, 0.2) is 18.2 Å². The third-order valence-electron chi connectivity index (χ3n) is 3.00. The Morgan fingerprint density at radius 2 is 2.00 bits per heavy atom. The first kappa shape index (κ1) is 15.8. The van der Waals surface area contributed by atoms with Crippen molar-refractivity contribution in [2.45, 2.75) is 38.8 Å². The van der Waals surface area contributed by atoms with E-state index in [-0.39, 0.29) is 12.1 Å². The number of ether oxygens (including phenoxy) is 3. The largest absolute Gasteiger partial charge is 0.497 e. The van der Waals surface area contributed by atoms with Crippen molar-refractivity contribution in [3.05, 3.63) is 23.8 Å². The van der Waals surface area contributed by atoms with Gasteiger partial charge in [-0.3, -0.25) is 0 Å². The molecule has 0 fully saturated rings. The smallest absolute Gasteiger partial charge is 0.123 e. The lowest BCUT2D eigenvalue weighted by atomic mass is 10.0. The highest BCUT2D eigenvalue weighted by molar-refractivity contribution is 5.41. The van der Waals surface area contributed by atoms with E-state index in [1.165, 1.54) is 0 Å². The van der Waals surface area contributed by atoms with E-state index in [2.05, 4.69) is 6.92 Å². The standard InChI is InChI=1S/C15H25NO3/c1-5-13(16)8-12-9-14(18-4)6-7-15(12)19-11(2)10-17-3/h6-7,9,11,13H,5,8,10,16H2,1-4H3. The van der Waals surface area contributed by atoms with Crippen LogP contribution in [-0.2, 0) is 11.2 Å². The van der Waals surface area contributed by atoms with Gasteiger partial charge in [0, 0.05) is 13.2 Å². The maximum Gasteiger partial charge on any atom is 0.123 e. The Hall–Kier alpha value is -1.26. The van der Waals surface area contributed by atoms with Gasteiger partial charge in [-0.25, -0.2) is 0 Å². The summed E-state index contributed by atoms with van der Waals surface area (Å²) in [6, 6.07) is 5.95. The minimum absolute atomic E-state index is 0.00926. The van der Waals surface area contributed by atoms with Gasteiger partial charge in [-0.1, -0.05) is 6.92 Å². The molecule has 0 radical (unpaired) electrons. The zero-order valence-electron chi connectivity index (χ0n) is 12.3. The fraction of sp³-hybridized carbons (Fsp3) is 0.600. The second kappa shape index (κ2) is 8.02. The Morgan fingerprint density at radius 3 is 2.58 bits per heavy atom. The van der Waals surface area contributed by atoms with Crippen LogP contribution in [0.1, 0.15) is 25.8 Å². The molecule has 0 saturated carbocycles. The molecule has 19 heavy (non-hydrogen) atoms. The predicted octanol–water partition coefficient (Wildman–Crippen LogP) is 2.39. The third-order valence-corrected chi connectivity index (χ3v) is 3.00. The van der Waals surface area contributed by atoms with E-state index >= 15 is 0 Å². The summed E-state index contributed by atoms with van der Waals surface area (Å²) in [5.74, 6) is 1.68. The van der Waals surface area contributed by atoms with Crippen LogP contribution in [0.5, 0.6) is 11.5 Å². The van der Waals surface area contributed by atoms with Gasteiger partial charge in [0.05, 0.1) is 13.7 Å². The van der Waals surface area contributed by atoms with Gasteiger partial charge in [-0.05, 0) is 43.5 Å². The van der Waals surface area contributed by atoms with E-state index in [1.54, 1.807) is 14.2 Å². The molecular formula is C15H25NO3. The molecule has 0 spiro atoms. The minimum atomic E-state index is 0.00926. The van der Waals surface area contributed by atoms with Gasteiger partial charge >= 0.3 is 0 Å². The molecular weight excluding hydrogens is 242 g/mol. The van der Waals surface area contributed by atoms with E-state index in [4.69, 9.17) is 19.9 Å². The SMILES string of the molecule is CCC(N)Cc1cc(OC)ccc1OC(C)COC. The van der Waals surface area contributed by atoms with Crippen LogP contribution in [0.25, 0.3) is 0 Å². The van der Waals surface area contributed by atoms with Crippen LogP contribution in [0.3, 0.4) is 0 Å². The van der Waals surface area contributed by atoms with Gasteiger partial charge < -0.3 is 19.9 Å². The number of hydrogen-bond donors (Lipinski definition) is 1. The van der Waals surface area contributed by atoms with Crippen molar-refractivity contribution < 1.29 is 14.2 Å². The number of benzene rings is 1. The molecule has 0 heterocycles. The fourth-order valence-corrected chi connectivity index (χ4v) is 1.87. The highest BCUT2D eigenvalue weighted by Crippen LogP contribution is 2.26. The lowest BCUT2D eigenvalue weighted by Gasteiger charge is -2.19. The molecule has 0 aliphatic carbocycles. The van der Waals surface area contributed by atoms with E-state index in [0.29, 0.717) is 6.61 Å². The maximum atomic E-state index is 6.03. The molecule has 2 unspecified atom stereocenters. The van der Waals surface area contributed by atoms with Gasteiger partial charge in [0.25, 0.3) is 0 Å². The molecule has 0 aromatic heterocycles. The van der Waals surface area contributed by atoms with Crippen molar-refractivity contribution in [1.82, 2.24) is 0 Å². The van der Waals surface area contributed by atoms with E-state index in [1.807, 2.05) is 25.1 Å². The zero-order chi connectivity index (χ0) is 14.3. The normalized spacial score (nSPS) is 13.9. The van der Waals surface area contributed by atoms with Gasteiger partial charge in [0.2, 0.25) is 0 Å². The molecule has 4 nitrogen and oxygen atoms in total. The number of nitrogens with two attached hydrogens (primary N) is 1. The van der Waals surface area contributed by atoms with E-state index in [0.717, 1.165) is 29.9 Å². The number of methoxy groups -OCH3 is 2. The molecule has 0 aliphatic rings. The van der Waals surface area contributed by atoms with Gasteiger partial charge in [-0.15, -0.1) is 0 Å². The molecule has 1 rings (SSSR count). The van der Waals surface area contributed by atoms with Crippen LogP contribution in [0.4, 0.5) is 0 Å². The first-order chi connectivity index (χ1) is 9.10. The third kappa shape index (κ3) is 5.09. The van der Waals surface area contributed by atoms with Gasteiger partial charge in [0.15, 0.2) is 0 Å². The maximum absolute atomic E-state index is 6.03. The molecule has 0 aliphatic heterocycles. The summed E-state index contributed by atoms with van der Waals surface area (Å²) in [6.07, 6.45) is 1.72. The molecule has 108 valence electrons. The van der Waals surface area contributed by atoms with Crippen LogP contribution < -0.4 is 15.2 Å². The summed E-state index contributed by atoms with van der Waals surface area (Å²) in [6.45, 7) is 4.63. The lowest BCUT2D eigenvalue weighted by Crippen LogP contribution is -2.23. The summed E-state index contributed by atoms with van der Waals surface area (Å²) in [5, 5.41) is 0. The first-order valence-electron chi connectivity index (χ1n) is 6.68. The monoisotopic (exact) mass is 267 g/mol. The zero-order valence-corrected chi connectivity index (χ0v) is 12.3. The second-order valence-electron chi connectivity index (χ2n) is 4.73. The lowest BCUT2D eigenvalue weighted by molar-refractivity contribution is 0.0913. The molecule has 4 heteroatoms. The molecule has 1 aromatic carbocycles. The summed E-state index contributed by atoms with van der Waals surface area (Å²) >= 11 is 0. The molecule has 2 N–H and O–H groups in total. The minimum Gasteiger partial charge on any atom is -0.497 e. The Kier molecular flexibility index (Phi) is 6.67. The van der Waals surface area contributed by atoms with Crippen LogP contribution in [0, 0.1) is 0 Å². The molecule has 0 amide bonds. The Morgan fingerprint density at radius 1 is 1.26 bits per heavy atom. The van der Waals surface area contributed by atoms with Crippen molar-refractivity contribution in [3.63, 3.8) is 0 Å². The van der Waals surface area contributed by atoms with Crippen molar-refractivity contribution in [2.75, 3.05) is 20.8 Å². The summed E-state index contributed by atoms with van der Waals surface area (Å²) in [7, 11) is 3.33. The van der Waals surface area contributed by atoms with Crippen LogP contribution >= 0.6 is 0 Å². The highest BCUT2D eigenvalue weighted by Gasteiger charge is 2.12. The predicted molar refractivity (Wildman–Crippen MR) is 76.9 cm³/mol. The first-order valence-corrected chi connectivity index (χ1v) is 6.68. The van der Waals surface area contributed by atoms with Gasteiger partial charge in [0.1, 0.15) is 17.6 Å². The molecule has 0 bridgehead atoms. The average molecular weight is 267 g/mol. The van der Waals surface area contributed by atoms with Crippen LogP contribution in [-0.4, -0.2) is 33.0 Å². The molecule has 1 aromatic rings. The van der Waals surface area contributed by atoms with Crippen molar-refractivity contribution in [1.29, 1.82) is 0 Å². The number of hydrogen-bond acceptors (Lipinski definition) is 4. The van der Waals surface area contributed by atoms with Crippen molar-refractivity contribution in [3.8, 4) is 11.5 Å². The average Bonchev–Trinajstić information content (AvgIpc) is 2.40. The van der Waals surface area contributed by atoms with E-state index in [9.17, 15) is 0 Å². The second-order valence-corrected chi connectivity index (χ2v) is 4.73. The van der Waals surface area contributed by atoms with Crippen molar-refractivity contribution >= 4 is 0 Å². The van der Waals surface area contributed by atoms with Crippen LogP contribution in [0.2, 0.25) is 0 Å².